The van der Waals surface area contributed by atoms with Crippen molar-refractivity contribution in [1.29, 1.82) is 0 Å². The lowest BCUT2D eigenvalue weighted by Crippen LogP contribution is -2.11. The molecule has 3 aromatic rings. The smallest absolute Gasteiger partial charge is 0.231 e. The quantitative estimate of drug-likeness (QED) is 0.436. The van der Waals surface area contributed by atoms with E-state index in [1.54, 1.807) is 55.7 Å². The number of Topliss-reactive ketones (excluding diaryl/α,β-unsaturated/α-hetero) is 2. The van der Waals surface area contributed by atoms with Crippen LogP contribution in [0, 0.1) is 6.92 Å². The molecular weight excluding hydrogens is 380 g/mol. The highest BCUT2D eigenvalue weighted by atomic mass is 16.5. The van der Waals surface area contributed by atoms with Crippen molar-refractivity contribution in [2.45, 2.75) is 6.92 Å². The third-order valence-corrected chi connectivity index (χ3v) is 4.76. The van der Waals surface area contributed by atoms with Gasteiger partial charge < -0.3 is 14.2 Å². The van der Waals surface area contributed by atoms with E-state index < -0.39 is 0 Å². The van der Waals surface area contributed by atoms with Gasteiger partial charge in [-0.1, -0.05) is 29.8 Å². The lowest BCUT2D eigenvalue weighted by Gasteiger charge is -2.07. The highest BCUT2D eigenvalue weighted by molar-refractivity contribution is 6.14. The van der Waals surface area contributed by atoms with Crippen LogP contribution >= 0.6 is 0 Å². The molecule has 0 aromatic heterocycles. The Hall–Kier alpha value is -3.86. The molecule has 150 valence electrons. The van der Waals surface area contributed by atoms with Gasteiger partial charge in [-0.25, -0.2) is 0 Å². The number of ether oxygens (including phenoxy) is 3. The molecule has 0 aliphatic carbocycles. The van der Waals surface area contributed by atoms with E-state index in [2.05, 4.69) is 0 Å². The number of methoxy groups -OCH3 is 1. The van der Waals surface area contributed by atoms with Crippen molar-refractivity contribution < 1.29 is 23.8 Å². The minimum absolute atomic E-state index is 0.120. The van der Waals surface area contributed by atoms with E-state index in [9.17, 15) is 9.59 Å². The third-order valence-electron chi connectivity index (χ3n) is 4.76. The minimum Gasteiger partial charge on any atom is -0.497 e. The average Bonchev–Trinajstić information content (AvgIpc) is 3.06. The number of hydrogen-bond donors (Lipinski definition) is 0. The van der Waals surface area contributed by atoms with Crippen LogP contribution in [0.4, 0.5) is 0 Å². The van der Waals surface area contributed by atoms with Gasteiger partial charge >= 0.3 is 0 Å². The zero-order valence-corrected chi connectivity index (χ0v) is 16.7. The zero-order valence-electron chi connectivity index (χ0n) is 16.7. The van der Waals surface area contributed by atoms with E-state index in [1.807, 2.05) is 31.2 Å². The standard InChI is InChI=1S/C25H20O5/c1-16-4-3-5-17(12-16)13-24-25(27)21-11-10-20(14-23(21)30-24)29-15-22(26)18-6-8-19(28-2)9-7-18/h3-14H,15H2,1-2H3/b24-13-. The summed E-state index contributed by atoms with van der Waals surface area (Å²) in [6.45, 7) is 1.87. The van der Waals surface area contributed by atoms with Crippen molar-refractivity contribution in [3.8, 4) is 17.2 Å². The molecule has 0 bridgehead atoms. The van der Waals surface area contributed by atoms with Gasteiger partial charge in [0.25, 0.3) is 0 Å². The van der Waals surface area contributed by atoms with Gasteiger partial charge in [0, 0.05) is 11.6 Å². The van der Waals surface area contributed by atoms with Gasteiger partial charge in [-0.15, -0.1) is 0 Å². The van der Waals surface area contributed by atoms with E-state index in [4.69, 9.17) is 14.2 Å². The molecule has 0 spiro atoms. The molecule has 1 heterocycles. The fourth-order valence-electron chi connectivity index (χ4n) is 3.18. The largest absolute Gasteiger partial charge is 0.497 e. The van der Waals surface area contributed by atoms with Crippen LogP contribution < -0.4 is 14.2 Å². The molecule has 0 atom stereocenters. The molecule has 5 heteroatoms. The van der Waals surface area contributed by atoms with E-state index in [0.29, 0.717) is 28.4 Å². The summed E-state index contributed by atoms with van der Waals surface area (Å²) < 4.78 is 16.5. The Morgan fingerprint density at radius 2 is 1.77 bits per heavy atom. The summed E-state index contributed by atoms with van der Waals surface area (Å²) in [5, 5.41) is 0. The lowest BCUT2D eigenvalue weighted by atomic mass is 10.1. The number of allylic oxidation sites excluding steroid dienone is 1. The SMILES string of the molecule is COc1ccc(C(=O)COc2ccc3c(c2)O/C(=C\c2cccc(C)c2)C3=O)cc1. The van der Waals surface area contributed by atoms with Crippen LogP contribution in [-0.4, -0.2) is 25.3 Å². The molecular formula is C25H20O5. The van der Waals surface area contributed by atoms with Crippen molar-refractivity contribution in [1.82, 2.24) is 0 Å². The molecule has 0 radical (unpaired) electrons. The molecule has 30 heavy (non-hydrogen) atoms. The van der Waals surface area contributed by atoms with Gasteiger partial charge in [-0.05, 0) is 55.0 Å². The molecule has 1 aliphatic heterocycles. The topological polar surface area (TPSA) is 61.8 Å². The summed E-state index contributed by atoms with van der Waals surface area (Å²) in [5.74, 6) is 1.50. The molecule has 5 nitrogen and oxygen atoms in total. The maximum absolute atomic E-state index is 12.6. The van der Waals surface area contributed by atoms with Gasteiger partial charge in [0.15, 0.2) is 18.1 Å². The predicted octanol–water partition coefficient (Wildman–Crippen LogP) is 4.88. The predicted molar refractivity (Wildman–Crippen MR) is 113 cm³/mol. The first-order chi connectivity index (χ1) is 14.5. The third kappa shape index (κ3) is 4.10. The molecule has 0 amide bonds. The molecule has 0 saturated carbocycles. The maximum atomic E-state index is 12.6. The number of carbonyl (C=O) groups excluding carboxylic acids is 2. The molecule has 1 aliphatic rings. The first-order valence-corrected chi connectivity index (χ1v) is 9.48. The van der Waals surface area contributed by atoms with Crippen LogP contribution in [0.3, 0.4) is 0 Å². The van der Waals surface area contributed by atoms with E-state index in [-0.39, 0.29) is 23.9 Å². The Morgan fingerprint density at radius 1 is 1.00 bits per heavy atom. The summed E-state index contributed by atoms with van der Waals surface area (Å²) in [6.07, 6.45) is 1.73. The molecule has 3 aromatic carbocycles. The number of benzene rings is 3. The number of aryl methyl sites for hydroxylation is 1. The van der Waals surface area contributed by atoms with Crippen molar-refractivity contribution in [3.63, 3.8) is 0 Å². The van der Waals surface area contributed by atoms with E-state index >= 15 is 0 Å². The Bertz CT molecular complexity index is 1140. The number of rotatable bonds is 6. The minimum atomic E-state index is -0.174. The van der Waals surface area contributed by atoms with Crippen LogP contribution in [0.5, 0.6) is 17.2 Å². The average molecular weight is 400 g/mol. The normalized spacial score (nSPS) is 13.7. The van der Waals surface area contributed by atoms with Crippen LogP contribution in [0.15, 0.2) is 72.5 Å². The van der Waals surface area contributed by atoms with Gasteiger partial charge in [-0.2, -0.15) is 0 Å². The second-order valence-electron chi connectivity index (χ2n) is 6.95. The van der Waals surface area contributed by atoms with Crippen molar-refractivity contribution in [2.24, 2.45) is 0 Å². The van der Waals surface area contributed by atoms with Gasteiger partial charge in [0.05, 0.1) is 12.7 Å². The number of fused-ring (bicyclic) bond motifs is 1. The highest BCUT2D eigenvalue weighted by Gasteiger charge is 2.27. The summed E-state index contributed by atoms with van der Waals surface area (Å²) in [7, 11) is 1.57. The second-order valence-corrected chi connectivity index (χ2v) is 6.95. The fourth-order valence-corrected chi connectivity index (χ4v) is 3.18. The van der Waals surface area contributed by atoms with Crippen molar-refractivity contribution in [3.05, 3.63) is 94.7 Å². The molecule has 0 saturated heterocycles. The number of ketones is 2. The fraction of sp³-hybridized carbons (Fsp3) is 0.120. The van der Waals surface area contributed by atoms with Crippen LogP contribution in [0.25, 0.3) is 6.08 Å². The number of hydrogen-bond acceptors (Lipinski definition) is 5. The summed E-state index contributed by atoms with van der Waals surface area (Å²) in [5.41, 5.74) is 3.01. The Balaban J connectivity index is 1.45. The van der Waals surface area contributed by atoms with E-state index in [1.165, 1.54) is 0 Å². The first kappa shape index (κ1) is 19.5. The Labute approximate surface area is 174 Å². The molecule has 4 rings (SSSR count). The summed E-state index contributed by atoms with van der Waals surface area (Å²) in [4.78, 5) is 24.9. The van der Waals surface area contributed by atoms with Gasteiger partial charge in [0.1, 0.15) is 17.2 Å². The maximum Gasteiger partial charge on any atom is 0.231 e. The van der Waals surface area contributed by atoms with Gasteiger partial charge in [0.2, 0.25) is 5.78 Å². The second kappa shape index (κ2) is 8.25. The highest BCUT2D eigenvalue weighted by Crippen LogP contribution is 2.35. The number of carbonyl (C=O) groups is 2. The summed E-state index contributed by atoms with van der Waals surface area (Å²) in [6, 6.07) is 19.6. The van der Waals surface area contributed by atoms with Crippen molar-refractivity contribution in [2.75, 3.05) is 13.7 Å². The van der Waals surface area contributed by atoms with E-state index in [0.717, 1.165) is 11.1 Å². The Morgan fingerprint density at radius 3 is 2.50 bits per heavy atom. The van der Waals surface area contributed by atoms with Gasteiger partial charge in [-0.3, -0.25) is 9.59 Å². The zero-order chi connectivity index (χ0) is 21.1. The monoisotopic (exact) mass is 400 g/mol. The van der Waals surface area contributed by atoms with Crippen LogP contribution in [0.1, 0.15) is 31.8 Å². The van der Waals surface area contributed by atoms with Crippen molar-refractivity contribution >= 4 is 17.6 Å². The summed E-state index contributed by atoms with van der Waals surface area (Å²) >= 11 is 0. The molecule has 0 N–H and O–H groups in total. The molecule has 0 fully saturated rings. The Kier molecular flexibility index (Phi) is 5.35. The van der Waals surface area contributed by atoms with Crippen LogP contribution in [0.2, 0.25) is 0 Å². The molecule has 0 unspecified atom stereocenters. The van der Waals surface area contributed by atoms with Crippen LogP contribution in [-0.2, 0) is 0 Å². The first-order valence-electron chi connectivity index (χ1n) is 9.48. The lowest BCUT2D eigenvalue weighted by molar-refractivity contribution is 0.0920.